The van der Waals surface area contributed by atoms with E-state index in [0.717, 1.165) is 30.8 Å². The molecule has 2 nitrogen and oxygen atoms in total. The number of piperidine rings is 1. The van der Waals surface area contributed by atoms with Gasteiger partial charge in [-0.15, -0.1) is 11.8 Å². The van der Waals surface area contributed by atoms with Crippen LogP contribution in [0.2, 0.25) is 0 Å². The lowest BCUT2D eigenvalue weighted by molar-refractivity contribution is -0.129. The van der Waals surface area contributed by atoms with E-state index in [1.807, 2.05) is 4.90 Å². The molecule has 0 N–H and O–H groups in total. The lowest BCUT2D eigenvalue weighted by Gasteiger charge is -2.31. The van der Waals surface area contributed by atoms with Crippen LogP contribution < -0.4 is 0 Å². The fourth-order valence-corrected chi connectivity index (χ4v) is 4.28. The first kappa shape index (κ1) is 15.6. The Bertz CT molecular complexity index is 604. The fourth-order valence-electron chi connectivity index (χ4n) is 2.74. The fraction of sp³-hybridized carbons (Fsp3) is 0.353. The second-order valence-corrected chi connectivity index (χ2v) is 7.28. The molecule has 1 saturated heterocycles. The minimum absolute atomic E-state index is 0.179. The summed E-state index contributed by atoms with van der Waals surface area (Å²) in [5.41, 5.74) is 1.41. The maximum atomic E-state index is 12.8. The third kappa shape index (κ3) is 3.90. The van der Waals surface area contributed by atoms with Crippen LogP contribution >= 0.6 is 23.1 Å². The van der Waals surface area contributed by atoms with Crippen LogP contribution in [0.4, 0.5) is 4.39 Å². The van der Waals surface area contributed by atoms with Gasteiger partial charge in [-0.1, -0.05) is 0 Å². The van der Waals surface area contributed by atoms with Gasteiger partial charge in [0.05, 0.1) is 5.75 Å². The van der Waals surface area contributed by atoms with Gasteiger partial charge in [0, 0.05) is 18.0 Å². The van der Waals surface area contributed by atoms with Crippen LogP contribution in [-0.4, -0.2) is 29.6 Å². The summed E-state index contributed by atoms with van der Waals surface area (Å²) >= 11 is 3.21. The maximum absolute atomic E-state index is 12.8. The number of amides is 1. The van der Waals surface area contributed by atoms with Gasteiger partial charge in [0.1, 0.15) is 5.82 Å². The number of carbonyl (C=O) groups is 1. The quantitative estimate of drug-likeness (QED) is 0.773. The van der Waals surface area contributed by atoms with Crippen molar-refractivity contribution in [2.45, 2.75) is 23.7 Å². The molecular formula is C17H18FNOS2. The van der Waals surface area contributed by atoms with Gasteiger partial charge in [-0.05, 0) is 65.4 Å². The summed E-state index contributed by atoms with van der Waals surface area (Å²) in [6.07, 6.45) is 2.09. The first-order chi connectivity index (χ1) is 10.7. The van der Waals surface area contributed by atoms with Crippen molar-refractivity contribution in [3.63, 3.8) is 0 Å². The Morgan fingerprint density at radius 2 is 1.95 bits per heavy atom. The molecule has 1 amide bonds. The molecule has 2 aromatic rings. The highest BCUT2D eigenvalue weighted by molar-refractivity contribution is 8.00. The molecular weight excluding hydrogens is 317 g/mol. The summed E-state index contributed by atoms with van der Waals surface area (Å²) in [6.45, 7) is 1.67. The van der Waals surface area contributed by atoms with Gasteiger partial charge >= 0.3 is 0 Å². The van der Waals surface area contributed by atoms with Crippen molar-refractivity contribution in [1.29, 1.82) is 0 Å². The third-order valence-corrected chi connectivity index (χ3v) is 5.74. The van der Waals surface area contributed by atoms with Gasteiger partial charge in [0.2, 0.25) is 5.91 Å². The molecule has 0 unspecified atom stereocenters. The molecule has 0 spiro atoms. The number of thioether (sulfide) groups is 1. The lowest BCUT2D eigenvalue weighted by Crippen LogP contribution is -2.38. The Morgan fingerprint density at radius 1 is 1.23 bits per heavy atom. The average molecular weight is 335 g/mol. The van der Waals surface area contributed by atoms with E-state index in [0.29, 0.717) is 11.7 Å². The molecule has 0 atom stereocenters. The second kappa shape index (κ2) is 7.29. The van der Waals surface area contributed by atoms with Crippen molar-refractivity contribution in [3.05, 3.63) is 52.5 Å². The number of benzene rings is 1. The van der Waals surface area contributed by atoms with E-state index in [-0.39, 0.29) is 11.7 Å². The molecule has 1 aliphatic rings. The molecule has 1 aromatic heterocycles. The standard InChI is InChI=1S/C17H18FNOS2/c18-15-1-3-16(4-2-15)22-12-17(20)19-8-5-13(6-9-19)14-7-10-21-11-14/h1-4,7,10-11,13H,5-6,8-9,12H2. The van der Waals surface area contributed by atoms with Crippen molar-refractivity contribution < 1.29 is 9.18 Å². The van der Waals surface area contributed by atoms with Crippen LogP contribution in [0.3, 0.4) is 0 Å². The zero-order valence-electron chi connectivity index (χ0n) is 12.2. The molecule has 22 heavy (non-hydrogen) atoms. The predicted octanol–water partition coefficient (Wildman–Crippen LogP) is 4.39. The van der Waals surface area contributed by atoms with Gasteiger partial charge in [-0.3, -0.25) is 4.79 Å². The number of thiophene rings is 1. The predicted molar refractivity (Wildman–Crippen MR) is 90.0 cm³/mol. The Balaban J connectivity index is 1.46. The normalized spacial score (nSPS) is 16.0. The molecule has 1 fully saturated rings. The van der Waals surface area contributed by atoms with E-state index in [2.05, 4.69) is 16.8 Å². The number of rotatable bonds is 4. The minimum Gasteiger partial charge on any atom is -0.342 e. The highest BCUT2D eigenvalue weighted by Gasteiger charge is 2.23. The van der Waals surface area contributed by atoms with Crippen LogP contribution in [0.5, 0.6) is 0 Å². The highest BCUT2D eigenvalue weighted by Crippen LogP contribution is 2.30. The first-order valence-corrected chi connectivity index (χ1v) is 9.33. The third-order valence-electron chi connectivity index (χ3n) is 4.04. The van der Waals surface area contributed by atoms with Gasteiger partial charge in [0.15, 0.2) is 0 Å². The Labute approximate surface area is 138 Å². The lowest BCUT2D eigenvalue weighted by atomic mass is 9.91. The number of hydrogen-bond donors (Lipinski definition) is 0. The van der Waals surface area contributed by atoms with Crippen LogP contribution in [0.15, 0.2) is 46.0 Å². The molecule has 116 valence electrons. The molecule has 0 radical (unpaired) electrons. The van der Waals surface area contributed by atoms with Gasteiger partial charge < -0.3 is 4.90 Å². The molecule has 0 aliphatic carbocycles. The Morgan fingerprint density at radius 3 is 2.59 bits per heavy atom. The van der Waals surface area contributed by atoms with E-state index >= 15 is 0 Å². The number of hydrogen-bond acceptors (Lipinski definition) is 3. The molecule has 1 aromatic carbocycles. The maximum Gasteiger partial charge on any atom is 0.232 e. The van der Waals surface area contributed by atoms with Crippen molar-refractivity contribution in [2.75, 3.05) is 18.8 Å². The smallest absolute Gasteiger partial charge is 0.232 e. The molecule has 0 saturated carbocycles. The summed E-state index contributed by atoms with van der Waals surface area (Å²) in [5.74, 6) is 0.957. The number of likely N-dealkylation sites (tertiary alicyclic amines) is 1. The number of nitrogens with zero attached hydrogens (tertiary/aromatic N) is 1. The van der Waals surface area contributed by atoms with E-state index in [1.54, 1.807) is 23.5 Å². The van der Waals surface area contributed by atoms with Crippen molar-refractivity contribution in [1.82, 2.24) is 4.90 Å². The van der Waals surface area contributed by atoms with E-state index < -0.39 is 0 Å². The second-order valence-electron chi connectivity index (χ2n) is 5.45. The van der Waals surface area contributed by atoms with Crippen LogP contribution in [0.25, 0.3) is 0 Å². The van der Waals surface area contributed by atoms with Gasteiger partial charge in [-0.25, -0.2) is 4.39 Å². The SMILES string of the molecule is O=C(CSc1ccc(F)cc1)N1CCC(c2ccsc2)CC1. The highest BCUT2D eigenvalue weighted by atomic mass is 32.2. The van der Waals surface area contributed by atoms with Crippen molar-refractivity contribution in [2.24, 2.45) is 0 Å². The summed E-state index contributed by atoms with van der Waals surface area (Å²) in [6, 6.07) is 8.49. The molecule has 3 rings (SSSR count). The van der Waals surface area contributed by atoms with E-state index in [1.165, 1.54) is 29.5 Å². The molecule has 5 heteroatoms. The molecule has 1 aliphatic heterocycles. The minimum atomic E-state index is -0.244. The Kier molecular flexibility index (Phi) is 5.16. The van der Waals surface area contributed by atoms with Crippen LogP contribution in [0.1, 0.15) is 24.3 Å². The monoisotopic (exact) mass is 335 g/mol. The van der Waals surface area contributed by atoms with Gasteiger partial charge in [0.25, 0.3) is 0 Å². The summed E-state index contributed by atoms with van der Waals surface area (Å²) in [4.78, 5) is 15.2. The zero-order chi connectivity index (χ0) is 15.4. The molecule has 0 bridgehead atoms. The van der Waals surface area contributed by atoms with Crippen LogP contribution in [0, 0.1) is 5.82 Å². The van der Waals surface area contributed by atoms with Crippen molar-refractivity contribution >= 4 is 29.0 Å². The average Bonchev–Trinajstić information content (AvgIpc) is 3.09. The van der Waals surface area contributed by atoms with E-state index in [9.17, 15) is 9.18 Å². The van der Waals surface area contributed by atoms with Crippen molar-refractivity contribution in [3.8, 4) is 0 Å². The van der Waals surface area contributed by atoms with Gasteiger partial charge in [-0.2, -0.15) is 11.3 Å². The Hall–Kier alpha value is -1.33. The molecule has 2 heterocycles. The summed E-state index contributed by atoms with van der Waals surface area (Å²) in [5, 5.41) is 4.33. The number of carbonyl (C=O) groups excluding carboxylic acids is 1. The first-order valence-electron chi connectivity index (χ1n) is 7.40. The van der Waals surface area contributed by atoms with E-state index in [4.69, 9.17) is 0 Å². The summed E-state index contributed by atoms with van der Waals surface area (Å²) in [7, 11) is 0. The number of halogens is 1. The topological polar surface area (TPSA) is 20.3 Å². The largest absolute Gasteiger partial charge is 0.342 e. The summed E-state index contributed by atoms with van der Waals surface area (Å²) < 4.78 is 12.8. The zero-order valence-corrected chi connectivity index (χ0v) is 13.8. The van der Waals surface area contributed by atoms with Crippen LogP contribution in [-0.2, 0) is 4.79 Å².